The number of amides is 1. The van der Waals surface area contributed by atoms with Crippen molar-refractivity contribution in [3.63, 3.8) is 0 Å². The minimum atomic E-state index is -1.24. The zero-order chi connectivity index (χ0) is 28.5. The van der Waals surface area contributed by atoms with E-state index in [1.807, 2.05) is 6.07 Å². The molecule has 1 amide bonds. The van der Waals surface area contributed by atoms with Crippen LogP contribution in [0, 0.1) is 17.1 Å². The molecular formula is C30H27Cl2FN4O3. The van der Waals surface area contributed by atoms with Crippen molar-refractivity contribution in [2.45, 2.75) is 43.8 Å². The van der Waals surface area contributed by atoms with Gasteiger partial charge in [-0.15, -0.1) is 0 Å². The molecule has 40 heavy (non-hydrogen) atoms. The summed E-state index contributed by atoms with van der Waals surface area (Å²) in [7, 11) is 0. The number of carbonyl (C=O) groups excluding carboxylic acids is 1. The van der Waals surface area contributed by atoms with Crippen molar-refractivity contribution in [1.82, 2.24) is 10.2 Å². The highest BCUT2D eigenvalue weighted by atomic mass is 35.5. The number of rotatable bonds is 4. The van der Waals surface area contributed by atoms with E-state index in [1.165, 1.54) is 18.2 Å². The lowest BCUT2D eigenvalue weighted by molar-refractivity contribution is -0.132. The van der Waals surface area contributed by atoms with E-state index in [-0.39, 0.29) is 34.2 Å². The summed E-state index contributed by atoms with van der Waals surface area (Å²) in [6.07, 6.45) is 4.90. The van der Waals surface area contributed by atoms with Crippen molar-refractivity contribution in [2.75, 3.05) is 11.9 Å². The number of aliphatic carboxylic acids is 1. The highest BCUT2D eigenvalue weighted by Crippen LogP contribution is 2.60. The normalized spacial score (nSPS) is 29.1. The number of allylic oxidation sites excluding steroid dienone is 3. The van der Waals surface area contributed by atoms with Gasteiger partial charge < -0.3 is 21.1 Å². The van der Waals surface area contributed by atoms with Gasteiger partial charge in [0.1, 0.15) is 11.4 Å². The van der Waals surface area contributed by atoms with Gasteiger partial charge in [-0.3, -0.25) is 9.69 Å². The van der Waals surface area contributed by atoms with Gasteiger partial charge in [-0.2, -0.15) is 0 Å². The fourth-order valence-corrected chi connectivity index (χ4v) is 7.22. The van der Waals surface area contributed by atoms with Crippen LogP contribution in [0.1, 0.15) is 37.3 Å². The number of halogens is 3. The minimum Gasteiger partial charge on any atom is -0.478 e. The van der Waals surface area contributed by atoms with Crippen molar-refractivity contribution < 1.29 is 19.1 Å². The molecule has 7 nitrogen and oxygen atoms in total. The predicted octanol–water partition coefficient (Wildman–Crippen LogP) is 5.62. The molecule has 1 aliphatic carbocycles. The number of carboxylic acids is 1. The molecule has 4 N–H and O–H groups in total. The third-order valence-electron chi connectivity index (χ3n) is 8.29. The summed E-state index contributed by atoms with van der Waals surface area (Å²) in [6, 6.07) is 9.53. The molecule has 1 spiro atoms. The van der Waals surface area contributed by atoms with Crippen LogP contribution in [0.15, 0.2) is 71.5 Å². The van der Waals surface area contributed by atoms with Crippen LogP contribution in [0.3, 0.4) is 0 Å². The van der Waals surface area contributed by atoms with Crippen molar-refractivity contribution in [3.05, 3.63) is 98.5 Å². The molecule has 2 saturated heterocycles. The molecule has 10 heteroatoms. The van der Waals surface area contributed by atoms with Crippen molar-refractivity contribution in [3.8, 4) is 0 Å². The molecule has 3 heterocycles. The number of benzene rings is 2. The molecule has 1 unspecified atom stereocenters. The van der Waals surface area contributed by atoms with Crippen LogP contribution in [0.4, 0.5) is 10.1 Å². The van der Waals surface area contributed by atoms with Crippen molar-refractivity contribution in [2.24, 2.45) is 5.92 Å². The molecule has 2 aromatic rings. The van der Waals surface area contributed by atoms with Crippen LogP contribution < -0.4 is 10.6 Å². The third-order valence-corrected chi connectivity index (χ3v) is 8.81. The summed E-state index contributed by atoms with van der Waals surface area (Å²) in [5.74, 6) is -2.43. The fraction of sp³-hybridized carbons (Fsp3) is 0.300. The van der Waals surface area contributed by atoms with Gasteiger partial charge in [-0.05, 0) is 41.8 Å². The molecule has 2 fully saturated rings. The Labute approximate surface area is 240 Å². The Morgan fingerprint density at radius 3 is 2.73 bits per heavy atom. The zero-order valence-corrected chi connectivity index (χ0v) is 23.3. The average molecular weight is 581 g/mol. The largest absolute Gasteiger partial charge is 0.478 e. The molecule has 2 aromatic carbocycles. The first-order chi connectivity index (χ1) is 19.0. The quantitative estimate of drug-likeness (QED) is 0.375. The van der Waals surface area contributed by atoms with Crippen LogP contribution >= 0.6 is 23.2 Å². The zero-order valence-electron chi connectivity index (χ0n) is 21.8. The standard InChI is InChI=1S/C30H27Cl2FN4O3/c1-14(2)13-37-24-12-22(17-8-6-15(28(38)39)10-21(17)34)35-27(24)25(18-4-3-5-20(32)26(18)33)30(37)19-9-7-16(31)11-23(19)36-29(30)40/h3-11,14,24-25,27,34-35H,12-13H2,1-2H3,(H,36,40)(H,38,39)/b22-17-,34-21?/t24?,25-,27+,30+/m0/s1. The highest BCUT2D eigenvalue weighted by molar-refractivity contribution is 6.31. The van der Waals surface area contributed by atoms with Crippen LogP contribution in [0.25, 0.3) is 0 Å². The summed E-state index contributed by atoms with van der Waals surface area (Å²) >= 11 is 12.6. The molecule has 0 aromatic heterocycles. The maximum Gasteiger partial charge on any atom is 0.335 e. The molecule has 0 radical (unpaired) electrons. The Balaban J connectivity index is 1.56. The minimum absolute atomic E-state index is 0.0267. The molecule has 6 rings (SSSR count). The number of carbonyl (C=O) groups is 2. The first-order valence-electron chi connectivity index (χ1n) is 13.1. The Bertz CT molecular complexity index is 1580. The molecule has 0 bridgehead atoms. The summed E-state index contributed by atoms with van der Waals surface area (Å²) < 4.78 is 15.9. The number of likely N-dealkylation sites (tertiary alicyclic amines) is 1. The van der Waals surface area contributed by atoms with Crippen LogP contribution in [0.5, 0.6) is 0 Å². The van der Waals surface area contributed by atoms with E-state index in [0.717, 1.165) is 11.3 Å². The van der Waals surface area contributed by atoms with E-state index in [4.69, 9.17) is 28.6 Å². The number of nitrogens with zero attached hydrogens (tertiary/aromatic N) is 1. The molecular weight excluding hydrogens is 554 g/mol. The van der Waals surface area contributed by atoms with Gasteiger partial charge in [-0.1, -0.05) is 61.3 Å². The maximum atomic E-state index is 15.9. The smallest absolute Gasteiger partial charge is 0.335 e. The third kappa shape index (κ3) is 3.84. The first-order valence-corrected chi connectivity index (χ1v) is 13.8. The Hall–Kier alpha value is -3.46. The average Bonchev–Trinajstić information content (AvgIpc) is 3.51. The van der Waals surface area contributed by atoms with Crippen molar-refractivity contribution in [1.29, 1.82) is 5.41 Å². The second-order valence-electron chi connectivity index (χ2n) is 11.1. The fourth-order valence-electron chi connectivity index (χ4n) is 6.87. The Morgan fingerprint density at radius 1 is 1.25 bits per heavy atom. The molecule has 3 aliphatic heterocycles. The molecule has 0 saturated carbocycles. The predicted molar refractivity (Wildman–Crippen MR) is 152 cm³/mol. The van der Waals surface area contributed by atoms with Crippen molar-refractivity contribution >= 4 is 46.5 Å². The number of hydrogen-bond acceptors (Lipinski definition) is 5. The van der Waals surface area contributed by atoms with Gasteiger partial charge in [0.05, 0.1) is 22.3 Å². The van der Waals surface area contributed by atoms with Crippen LogP contribution in [-0.4, -0.2) is 46.2 Å². The van der Waals surface area contributed by atoms with Gasteiger partial charge >= 0.3 is 5.97 Å². The number of hydrogen-bond donors (Lipinski definition) is 4. The second kappa shape index (κ2) is 9.58. The van der Waals surface area contributed by atoms with E-state index in [2.05, 4.69) is 29.4 Å². The van der Waals surface area contributed by atoms with Crippen LogP contribution in [0.2, 0.25) is 10.0 Å². The summed E-state index contributed by atoms with van der Waals surface area (Å²) in [4.78, 5) is 27.8. The first kappa shape index (κ1) is 26.7. The van der Waals surface area contributed by atoms with Gasteiger partial charge in [0.25, 0.3) is 0 Å². The maximum absolute atomic E-state index is 15.9. The number of anilines is 1. The molecule has 206 valence electrons. The SMILES string of the molecule is CC(C)CN1C2C/C(=C3\C=CC(C(=O)O)=CC3=N)N[C@H]2[C@H](c2cccc(Cl)c2F)[C@]12C(=O)Nc1cc(Cl)ccc12. The summed E-state index contributed by atoms with van der Waals surface area (Å²) in [6.45, 7) is 4.70. The molecule has 4 aliphatic rings. The van der Waals surface area contributed by atoms with Gasteiger partial charge in [0.15, 0.2) is 0 Å². The van der Waals surface area contributed by atoms with Crippen LogP contribution in [-0.2, 0) is 15.1 Å². The second-order valence-corrected chi connectivity index (χ2v) is 11.9. The summed E-state index contributed by atoms with van der Waals surface area (Å²) in [5.41, 5.74) is 1.86. The highest BCUT2D eigenvalue weighted by Gasteiger charge is 2.68. The number of nitrogens with one attached hydrogen (secondary N) is 3. The lowest BCUT2D eigenvalue weighted by Gasteiger charge is -2.41. The van der Waals surface area contributed by atoms with Gasteiger partial charge in [0, 0.05) is 52.5 Å². The monoisotopic (exact) mass is 580 g/mol. The lowest BCUT2D eigenvalue weighted by atomic mass is 9.73. The van der Waals surface area contributed by atoms with Gasteiger partial charge in [0.2, 0.25) is 5.91 Å². The molecule has 4 atom stereocenters. The Morgan fingerprint density at radius 2 is 2.02 bits per heavy atom. The lowest BCUT2D eigenvalue weighted by Crippen LogP contribution is -2.53. The van der Waals surface area contributed by atoms with E-state index >= 15 is 4.39 Å². The number of carboxylic acid groups (broad SMARTS) is 1. The number of fused-ring (bicyclic) bond motifs is 3. The van der Waals surface area contributed by atoms with E-state index in [1.54, 1.807) is 30.3 Å². The topological polar surface area (TPSA) is 106 Å². The van der Waals surface area contributed by atoms with E-state index in [9.17, 15) is 14.7 Å². The van der Waals surface area contributed by atoms with Gasteiger partial charge in [-0.25, -0.2) is 9.18 Å². The summed E-state index contributed by atoms with van der Waals surface area (Å²) in [5, 5.41) is 24.9. The Kier molecular flexibility index (Phi) is 6.40. The van der Waals surface area contributed by atoms with E-state index in [0.29, 0.717) is 34.8 Å². The van der Waals surface area contributed by atoms with E-state index < -0.39 is 29.3 Å².